The molecule has 2 nitrogen and oxygen atoms in total. The second kappa shape index (κ2) is 2.20. The predicted octanol–water partition coefficient (Wildman–Crippen LogP) is 0.688. The van der Waals surface area contributed by atoms with E-state index >= 15 is 0 Å². The Morgan fingerprint density at radius 1 is 1.55 bits per heavy atom. The van der Waals surface area contributed by atoms with Gasteiger partial charge in [0.25, 0.3) is 0 Å². The average molecular weight is 154 g/mol. The highest BCUT2D eigenvalue weighted by Crippen LogP contribution is 2.38. The maximum Gasteiger partial charge on any atom is 0.0263 e. The monoisotopic (exact) mass is 154 g/mol. The van der Waals surface area contributed by atoms with Crippen molar-refractivity contribution in [1.29, 1.82) is 0 Å². The number of fused-ring (bicyclic) bond motifs is 1. The van der Waals surface area contributed by atoms with Gasteiger partial charge in [0, 0.05) is 25.2 Å². The topological polar surface area (TPSA) is 15.3 Å². The third kappa shape index (κ3) is 1.09. The Kier molecular flexibility index (Phi) is 1.52. The highest BCUT2D eigenvalue weighted by Gasteiger charge is 2.47. The SMILES string of the molecule is CC1C[C@@]2(C)CN(C)C[C@H]2N1. The van der Waals surface area contributed by atoms with Crippen LogP contribution in [0.1, 0.15) is 20.3 Å². The molecule has 1 N–H and O–H groups in total. The fraction of sp³-hybridized carbons (Fsp3) is 1.00. The number of hydrogen-bond donors (Lipinski definition) is 1. The van der Waals surface area contributed by atoms with Crippen molar-refractivity contribution in [3.05, 3.63) is 0 Å². The first-order valence-electron chi connectivity index (χ1n) is 4.55. The van der Waals surface area contributed by atoms with Crippen LogP contribution in [0.2, 0.25) is 0 Å². The molecule has 1 unspecified atom stereocenters. The van der Waals surface area contributed by atoms with E-state index in [9.17, 15) is 0 Å². The minimum absolute atomic E-state index is 0.564. The van der Waals surface area contributed by atoms with Gasteiger partial charge < -0.3 is 10.2 Å². The van der Waals surface area contributed by atoms with Gasteiger partial charge in [0.2, 0.25) is 0 Å². The van der Waals surface area contributed by atoms with E-state index in [2.05, 4.69) is 31.1 Å². The molecule has 11 heavy (non-hydrogen) atoms. The molecule has 0 aromatic carbocycles. The Balaban J connectivity index is 2.13. The lowest BCUT2D eigenvalue weighted by atomic mass is 9.84. The first kappa shape index (κ1) is 7.56. The molecule has 2 heteroatoms. The first-order valence-corrected chi connectivity index (χ1v) is 4.55. The van der Waals surface area contributed by atoms with Crippen LogP contribution < -0.4 is 5.32 Å². The maximum atomic E-state index is 3.64. The lowest BCUT2D eigenvalue weighted by molar-refractivity contribution is 0.303. The lowest BCUT2D eigenvalue weighted by Crippen LogP contribution is -2.34. The van der Waals surface area contributed by atoms with Gasteiger partial charge in [0.05, 0.1) is 0 Å². The van der Waals surface area contributed by atoms with Gasteiger partial charge in [-0.1, -0.05) is 6.92 Å². The molecular weight excluding hydrogens is 136 g/mol. The zero-order valence-corrected chi connectivity index (χ0v) is 7.72. The lowest BCUT2D eigenvalue weighted by Gasteiger charge is -2.21. The van der Waals surface area contributed by atoms with Gasteiger partial charge in [0.1, 0.15) is 0 Å². The second-order valence-electron chi connectivity index (χ2n) is 4.68. The number of rotatable bonds is 0. The number of likely N-dealkylation sites (N-methyl/N-ethyl adjacent to an activating group) is 1. The molecule has 0 aromatic heterocycles. The molecule has 0 amide bonds. The molecule has 0 bridgehead atoms. The highest BCUT2D eigenvalue weighted by molar-refractivity contribution is 5.04. The summed E-state index contributed by atoms with van der Waals surface area (Å²) in [6.45, 7) is 7.22. The number of nitrogens with zero attached hydrogens (tertiary/aromatic N) is 1. The molecule has 2 rings (SSSR count). The Morgan fingerprint density at radius 2 is 2.27 bits per heavy atom. The summed E-state index contributed by atoms with van der Waals surface area (Å²) in [5.41, 5.74) is 0.564. The van der Waals surface area contributed by atoms with Crippen molar-refractivity contribution in [2.24, 2.45) is 5.41 Å². The molecule has 2 aliphatic rings. The van der Waals surface area contributed by atoms with E-state index < -0.39 is 0 Å². The fourth-order valence-corrected chi connectivity index (χ4v) is 2.89. The van der Waals surface area contributed by atoms with Crippen LogP contribution >= 0.6 is 0 Å². The van der Waals surface area contributed by atoms with E-state index in [1.165, 1.54) is 19.5 Å². The molecular formula is C9H18N2. The van der Waals surface area contributed by atoms with E-state index in [-0.39, 0.29) is 0 Å². The number of hydrogen-bond acceptors (Lipinski definition) is 2. The van der Waals surface area contributed by atoms with Gasteiger partial charge in [-0.3, -0.25) is 0 Å². The summed E-state index contributed by atoms with van der Waals surface area (Å²) >= 11 is 0. The third-order valence-corrected chi connectivity index (χ3v) is 3.22. The van der Waals surface area contributed by atoms with Gasteiger partial charge in [0.15, 0.2) is 0 Å². The number of nitrogens with one attached hydrogen (secondary N) is 1. The Bertz CT molecular complexity index is 153. The molecule has 0 aromatic rings. The van der Waals surface area contributed by atoms with Crippen LogP contribution in [-0.2, 0) is 0 Å². The van der Waals surface area contributed by atoms with Crippen molar-refractivity contribution >= 4 is 0 Å². The fourth-order valence-electron chi connectivity index (χ4n) is 2.89. The summed E-state index contributed by atoms with van der Waals surface area (Å²) in [6, 6.07) is 1.49. The molecule has 2 saturated heterocycles. The zero-order chi connectivity index (χ0) is 8.06. The van der Waals surface area contributed by atoms with Crippen LogP contribution in [0.25, 0.3) is 0 Å². The van der Waals surface area contributed by atoms with E-state index in [0.29, 0.717) is 5.41 Å². The van der Waals surface area contributed by atoms with Gasteiger partial charge in [-0.05, 0) is 25.8 Å². The molecule has 3 atom stereocenters. The maximum absolute atomic E-state index is 3.64. The van der Waals surface area contributed by atoms with Crippen LogP contribution in [0, 0.1) is 5.41 Å². The van der Waals surface area contributed by atoms with Gasteiger partial charge in [-0.25, -0.2) is 0 Å². The molecule has 0 radical (unpaired) electrons. The van der Waals surface area contributed by atoms with Crippen molar-refractivity contribution in [2.75, 3.05) is 20.1 Å². The highest BCUT2D eigenvalue weighted by atomic mass is 15.2. The number of likely N-dealkylation sites (tertiary alicyclic amines) is 1. The quantitative estimate of drug-likeness (QED) is 0.552. The van der Waals surface area contributed by atoms with Gasteiger partial charge in [-0.15, -0.1) is 0 Å². The molecule has 64 valence electrons. The van der Waals surface area contributed by atoms with E-state index in [4.69, 9.17) is 0 Å². The van der Waals surface area contributed by atoms with Gasteiger partial charge in [-0.2, -0.15) is 0 Å². The third-order valence-electron chi connectivity index (χ3n) is 3.22. The minimum atomic E-state index is 0.564. The molecule has 2 aliphatic heterocycles. The smallest absolute Gasteiger partial charge is 0.0263 e. The van der Waals surface area contributed by atoms with Crippen LogP contribution in [0.15, 0.2) is 0 Å². The minimum Gasteiger partial charge on any atom is -0.310 e. The normalized spacial score (nSPS) is 51.5. The van der Waals surface area contributed by atoms with Crippen LogP contribution in [0.5, 0.6) is 0 Å². The van der Waals surface area contributed by atoms with Gasteiger partial charge >= 0.3 is 0 Å². The average Bonchev–Trinajstić information content (AvgIpc) is 2.16. The standard InChI is InChI=1S/C9H18N2/c1-7-4-9(2)6-11(3)5-8(9)10-7/h7-8,10H,4-6H2,1-3H3/t7?,8-,9+/m1/s1. The van der Waals surface area contributed by atoms with Crippen molar-refractivity contribution in [2.45, 2.75) is 32.4 Å². The molecule has 2 fully saturated rings. The van der Waals surface area contributed by atoms with Crippen molar-refractivity contribution in [3.63, 3.8) is 0 Å². The van der Waals surface area contributed by atoms with E-state index in [1.807, 2.05) is 0 Å². The second-order valence-corrected chi connectivity index (χ2v) is 4.68. The molecule has 2 heterocycles. The van der Waals surface area contributed by atoms with Crippen molar-refractivity contribution in [1.82, 2.24) is 10.2 Å². The summed E-state index contributed by atoms with van der Waals surface area (Å²) in [6.07, 6.45) is 1.35. The van der Waals surface area contributed by atoms with Crippen molar-refractivity contribution < 1.29 is 0 Å². The van der Waals surface area contributed by atoms with Crippen LogP contribution in [-0.4, -0.2) is 37.1 Å². The Morgan fingerprint density at radius 3 is 2.91 bits per heavy atom. The van der Waals surface area contributed by atoms with Crippen molar-refractivity contribution in [3.8, 4) is 0 Å². The molecule has 0 spiro atoms. The van der Waals surface area contributed by atoms with E-state index in [1.54, 1.807) is 0 Å². The summed E-state index contributed by atoms with van der Waals surface area (Å²) in [4.78, 5) is 2.43. The summed E-state index contributed by atoms with van der Waals surface area (Å²) in [5.74, 6) is 0. The summed E-state index contributed by atoms with van der Waals surface area (Å²) < 4.78 is 0. The summed E-state index contributed by atoms with van der Waals surface area (Å²) in [5, 5.41) is 3.64. The van der Waals surface area contributed by atoms with Crippen LogP contribution in [0.4, 0.5) is 0 Å². The van der Waals surface area contributed by atoms with E-state index in [0.717, 1.165) is 12.1 Å². The Labute approximate surface area is 69.0 Å². The largest absolute Gasteiger partial charge is 0.310 e. The first-order chi connectivity index (χ1) is 5.10. The Hall–Kier alpha value is -0.0800. The van der Waals surface area contributed by atoms with Crippen LogP contribution in [0.3, 0.4) is 0 Å². The zero-order valence-electron chi connectivity index (χ0n) is 7.72. The molecule has 0 aliphatic carbocycles. The molecule has 0 saturated carbocycles. The summed E-state index contributed by atoms with van der Waals surface area (Å²) in [7, 11) is 2.22. The predicted molar refractivity (Wildman–Crippen MR) is 46.6 cm³/mol.